The number of anilines is 2. The van der Waals surface area contributed by atoms with Crippen molar-refractivity contribution in [1.29, 1.82) is 0 Å². The van der Waals surface area contributed by atoms with Crippen LogP contribution in [0.3, 0.4) is 0 Å². The summed E-state index contributed by atoms with van der Waals surface area (Å²) in [5, 5.41) is 20.5. The first-order valence-electron chi connectivity index (χ1n) is 12.5. The summed E-state index contributed by atoms with van der Waals surface area (Å²) in [6.07, 6.45) is 11.6. The maximum absolute atomic E-state index is 4.69. The molecule has 180 valence electrons. The molecule has 1 fully saturated rings. The highest BCUT2D eigenvalue weighted by molar-refractivity contribution is 7.08. The molecule has 1 saturated heterocycles. The number of aromatic amines is 1. The Bertz CT molecular complexity index is 1520. The fourth-order valence-electron chi connectivity index (χ4n) is 5.38. The van der Waals surface area contributed by atoms with Crippen LogP contribution < -0.4 is 10.6 Å². The van der Waals surface area contributed by atoms with Crippen LogP contribution >= 0.6 is 11.3 Å². The Morgan fingerprint density at radius 1 is 0.889 bits per heavy atom. The first kappa shape index (κ1) is 21.5. The van der Waals surface area contributed by atoms with Gasteiger partial charge in [-0.15, -0.1) is 0 Å². The van der Waals surface area contributed by atoms with Gasteiger partial charge in [0, 0.05) is 41.6 Å². The Hall–Kier alpha value is -3.75. The maximum Gasteiger partial charge on any atom is 0.143 e. The van der Waals surface area contributed by atoms with E-state index in [9.17, 15) is 0 Å². The number of hydrogen-bond donors (Lipinski definition) is 3. The van der Waals surface area contributed by atoms with Crippen LogP contribution in [0.2, 0.25) is 0 Å². The fraction of sp³-hybridized carbons (Fsp3) is 0.250. The fourth-order valence-corrected chi connectivity index (χ4v) is 6.03. The number of rotatable bonds is 5. The molecule has 1 unspecified atom stereocenters. The lowest BCUT2D eigenvalue weighted by molar-refractivity contribution is 0.220. The highest BCUT2D eigenvalue weighted by Gasteiger charge is 2.27. The molecule has 6 heterocycles. The molecule has 0 radical (unpaired) electrons. The Morgan fingerprint density at radius 3 is 2.69 bits per heavy atom. The summed E-state index contributed by atoms with van der Waals surface area (Å²) >= 11 is 1.69. The Morgan fingerprint density at radius 2 is 1.81 bits per heavy atom. The van der Waals surface area contributed by atoms with Crippen molar-refractivity contribution in [3.63, 3.8) is 0 Å². The van der Waals surface area contributed by atoms with Crippen LogP contribution in [0.15, 0.2) is 65.9 Å². The average Bonchev–Trinajstić information content (AvgIpc) is 3.68. The minimum atomic E-state index is -0.144. The van der Waals surface area contributed by atoms with E-state index in [1.165, 1.54) is 43.5 Å². The molecule has 36 heavy (non-hydrogen) atoms. The number of likely N-dealkylation sites (tertiary alicyclic amines) is 1. The first-order chi connectivity index (χ1) is 17.8. The Kier molecular flexibility index (Phi) is 5.40. The summed E-state index contributed by atoms with van der Waals surface area (Å²) in [4.78, 5) is 11.6. The third-order valence-electron chi connectivity index (χ3n) is 7.22. The van der Waals surface area contributed by atoms with Crippen molar-refractivity contribution >= 4 is 33.6 Å². The zero-order valence-corrected chi connectivity index (χ0v) is 20.7. The molecule has 0 aliphatic carbocycles. The van der Waals surface area contributed by atoms with Gasteiger partial charge in [-0.25, -0.2) is 0 Å². The van der Waals surface area contributed by atoms with Gasteiger partial charge in [-0.1, -0.05) is 12.5 Å². The lowest BCUT2D eigenvalue weighted by Crippen LogP contribution is -2.29. The van der Waals surface area contributed by atoms with E-state index in [0.717, 1.165) is 51.2 Å². The predicted octanol–water partition coefficient (Wildman–Crippen LogP) is 6.27. The highest BCUT2D eigenvalue weighted by Crippen LogP contribution is 2.43. The number of hydrogen-bond acceptors (Lipinski definition) is 7. The molecular weight excluding hydrogens is 466 g/mol. The van der Waals surface area contributed by atoms with Crippen LogP contribution in [0.5, 0.6) is 0 Å². The lowest BCUT2D eigenvalue weighted by atomic mass is 10.0. The van der Waals surface area contributed by atoms with E-state index in [2.05, 4.69) is 71.7 Å². The number of pyridine rings is 2. The number of nitrogens with one attached hydrogen (secondary N) is 3. The van der Waals surface area contributed by atoms with Crippen molar-refractivity contribution in [3.05, 3.63) is 77.1 Å². The summed E-state index contributed by atoms with van der Waals surface area (Å²) in [6, 6.07) is 10.9. The van der Waals surface area contributed by atoms with Crippen molar-refractivity contribution in [2.45, 2.75) is 32.0 Å². The predicted molar refractivity (Wildman–Crippen MR) is 146 cm³/mol. The van der Waals surface area contributed by atoms with Crippen LogP contribution in [0, 0.1) is 0 Å². The molecule has 3 N–H and O–H groups in total. The third kappa shape index (κ3) is 3.92. The molecule has 0 saturated carbocycles. The van der Waals surface area contributed by atoms with E-state index >= 15 is 0 Å². The summed E-state index contributed by atoms with van der Waals surface area (Å²) in [7, 11) is 0. The Labute approximate surface area is 213 Å². The monoisotopic (exact) mass is 493 g/mol. The van der Waals surface area contributed by atoms with Crippen LogP contribution in [0.4, 0.5) is 11.4 Å². The molecule has 0 spiro atoms. The number of fused-ring (bicyclic) bond motifs is 2. The molecule has 7 rings (SSSR count). The Balaban J connectivity index is 1.19. The van der Waals surface area contributed by atoms with Crippen LogP contribution in [0.1, 0.15) is 36.7 Å². The molecule has 1 aromatic carbocycles. The maximum atomic E-state index is 4.69. The standard InChI is InChI=1S/C28H27N7S/c1-2-7-35(8-3-1)16-18-10-21(13-29-12-18)19-4-5-24-22(11-19)27(34-33-24)28-31-25-15-30-14-23(26(25)32-28)20-6-9-36-17-20/h4-6,9-15,17,28,31-32H,1-3,7-8,16H2,(H,33,34). The van der Waals surface area contributed by atoms with E-state index in [4.69, 9.17) is 5.10 Å². The van der Waals surface area contributed by atoms with Crippen LogP contribution in [-0.2, 0) is 6.54 Å². The number of nitrogens with zero attached hydrogens (tertiary/aromatic N) is 4. The van der Waals surface area contributed by atoms with Gasteiger partial charge in [-0.3, -0.25) is 20.0 Å². The first-order valence-corrected chi connectivity index (χ1v) is 13.4. The number of benzene rings is 1. The van der Waals surface area contributed by atoms with Gasteiger partial charge < -0.3 is 10.6 Å². The molecular formula is C28H27N7S. The van der Waals surface area contributed by atoms with Gasteiger partial charge in [0.25, 0.3) is 0 Å². The third-order valence-corrected chi connectivity index (χ3v) is 7.90. The van der Waals surface area contributed by atoms with E-state index < -0.39 is 0 Å². The quantitative estimate of drug-likeness (QED) is 0.268. The molecule has 0 amide bonds. The lowest BCUT2D eigenvalue weighted by Gasteiger charge is -2.26. The molecule has 2 aliphatic heterocycles. The van der Waals surface area contributed by atoms with Gasteiger partial charge in [0.1, 0.15) is 11.9 Å². The normalized spacial score (nSPS) is 17.6. The van der Waals surface area contributed by atoms with E-state index in [1.807, 2.05) is 24.8 Å². The minimum absolute atomic E-state index is 0.144. The van der Waals surface area contributed by atoms with Gasteiger partial charge in [0.2, 0.25) is 0 Å². The summed E-state index contributed by atoms with van der Waals surface area (Å²) in [5.41, 5.74) is 9.84. The van der Waals surface area contributed by atoms with Gasteiger partial charge in [-0.2, -0.15) is 16.4 Å². The molecule has 0 bridgehead atoms. The van der Waals surface area contributed by atoms with Crippen LogP contribution in [-0.4, -0.2) is 38.2 Å². The summed E-state index contributed by atoms with van der Waals surface area (Å²) in [6.45, 7) is 3.33. The van der Waals surface area contributed by atoms with E-state index in [-0.39, 0.29) is 6.17 Å². The zero-order chi connectivity index (χ0) is 23.9. The second-order valence-electron chi connectivity index (χ2n) is 9.63. The topological polar surface area (TPSA) is 81.8 Å². The second kappa shape index (κ2) is 9.04. The van der Waals surface area contributed by atoms with Gasteiger partial charge in [0.05, 0.1) is 23.1 Å². The number of piperidine rings is 1. The zero-order valence-electron chi connectivity index (χ0n) is 19.9. The number of aromatic nitrogens is 4. The molecule has 8 heteroatoms. The average molecular weight is 494 g/mol. The molecule has 1 atom stereocenters. The van der Waals surface area contributed by atoms with Gasteiger partial charge in [-0.05, 0) is 77.6 Å². The van der Waals surface area contributed by atoms with E-state index in [0.29, 0.717) is 0 Å². The SMILES string of the molecule is c1cc(-c2cncc3c2NC(c2n[nH]c4ccc(-c5cncc(CN6CCCCC6)c5)cc24)N3)cs1. The largest absolute Gasteiger partial charge is 0.358 e. The van der Waals surface area contributed by atoms with E-state index in [1.54, 1.807) is 11.3 Å². The smallest absolute Gasteiger partial charge is 0.143 e. The van der Waals surface area contributed by atoms with Crippen molar-refractivity contribution in [2.75, 3.05) is 23.7 Å². The minimum Gasteiger partial charge on any atom is -0.358 e. The second-order valence-corrected chi connectivity index (χ2v) is 10.4. The van der Waals surface area contributed by atoms with Gasteiger partial charge >= 0.3 is 0 Å². The number of H-pyrrole nitrogens is 1. The number of thiophene rings is 1. The summed E-state index contributed by atoms with van der Waals surface area (Å²) in [5.74, 6) is 0. The van der Waals surface area contributed by atoms with Crippen molar-refractivity contribution in [1.82, 2.24) is 25.1 Å². The van der Waals surface area contributed by atoms with Crippen molar-refractivity contribution in [3.8, 4) is 22.3 Å². The van der Waals surface area contributed by atoms with Gasteiger partial charge in [0.15, 0.2) is 0 Å². The molecule has 7 nitrogen and oxygen atoms in total. The van der Waals surface area contributed by atoms with Crippen molar-refractivity contribution < 1.29 is 0 Å². The van der Waals surface area contributed by atoms with Crippen molar-refractivity contribution in [2.24, 2.45) is 0 Å². The highest BCUT2D eigenvalue weighted by atomic mass is 32.1. The molecule has 4 aromatic heterocycles. The summed E-state index contributed by atoms with van der Waals surface area (Å²) < 4.78 is 0. The van der Waals surface area contributed by atoms with Crippen LogP contribution in [0.25, 0.3) is 33.2 Å². The molecule has 2 aliphatic rings. The molecule has 5 aromatic rings.